The first-order valence-corrected chi connectivity index (χ1v) is 12.3. The van der Waals surface area contributed by atoms with Crippen molar-refractivity contribution in [2.24, 2.45) is 5.92 Å². The van der Waals surface area contributed by atoms with Crippen molar-refractivity contribution in [1.29, 1.82) is 0 Å². The summed E-state index contributed by atoms with van der Waals surface area (Å²) in [5.74, 6) is -0.351. The highest BCUT2D eigenvalue weighted by atomic mass is 35.5. The lowest BCUT2D eigenvalue weighted by Gasteiger charge is -2.15. The van der Waals surface area contributed by atoms with Crippen LogP contribution in [0.2, 0.25) is 5.02 Å². The molecular weight excluding hydrogens is 436 g/mol. The fourth-order valence-corrected chi connectivity index (χ4v) is 4.63. The summed E-state index contributed by atoms with van der Waals surface area (Å²) >= 11 is 6.44. The molecule has 0 saturated carbocycles. The minimum atomic E-state index is -3.84. The molecule has 1 aromatic heterocycles. The lowest BCUT2D eigenvalue weighted by molar-refractivity contribution is 0.103. The van der Waals surface area contributed by atoms with E-state index >= 15 is 0 Å². The largest absolute Gasteiger partial charge is 0.361 e. The number of allylic oxidation sites excluding steroid dienone is 2. The van der Waals surface area contributed by atoms with Crippen LogP contribution in [0.4, 0.5) is 0 Å². The van der Waals surface area contributed by atoms with Crippen molar-refractivity contribution in [2.45, 2.75) is 61.4 Å². The molecule has 31 heavy (non-hydrogen) atoms. The molecule has 1 heterocycles. The third kappa shape index (κ3) is 5.77. The summed E-state index contributed by atoms with van der Waals surface area (Å²) in [5, 5.41) is 4.81. The second-order valence-electron chi connectivity index (χ2n) is 8.33. The van der Waals surface area contributed by atoms with Crippen LogP contribution in [0.1, 0.15) is 75.0 Å². The molecule has 0 bridgehead atoms. The Hall–Kier alpha value is -2.12. The van der Waals surface area contributed by atoms with E-state index in [-0.39, 0.29) is 28.9 Å². The number of hydrogen-bond donors (Lipinski definition) is 0. The number of carbonyl (C=O) groups is 1. The van der Waals surface area contributed by atoms with Gasteiger partial charge >= 0.3 is 10.1 Å². The predicted octanol–water partition coefficient (Wildman–Crippen LogP) is 5.66. The molecule has 0 atom stereocenters. The van der Waals surface area contributed by atoms with Crippen molar-refractivity contribution < 1.29 is 17.4 Å². The molecule has 0 saturated heterocycles. The summed E-state index contributed by atoms with van der Waals surface area (Å²) in [7, 11) is -3.84. The molecule has 0 spiro atoms. The molecule has 0 aliphatic carbocycles. The predicted molar refractivity (Wildman–Crippen MR) is 125 cm³/mol. The minimum absolute atomic E-state index is 0.0398. The molecule has 8 heteroatoms. The van der Waals surface area contributed by atoms with E-state index in [1.54, 1.807) is 19.1 Å². The van der Waals surface area contributed by atoms with E-state index in [1.165, 1.54) is 10.9 Å². The van der Waals surface area contributed by atoms with Crippen molar-refractivity contribution in [1.82, 2.24) is 9.78 Å². The van der Waals surface area contributed by atoms with E-state index in [9.17, 15) is 13.2 Å². The number of nitrogens with zero attached hydrogens (tertiary/aromatic N) is 2. The number of rotatable bonds is 9. The Balaban J connectivity index is 2.64. The zero-order valence-electron chi connectivity index (χ0n) is 19.2. The Bertz CT molecular complexity index is 1110. The second-order valence-corrected chi connectivity index (χ2v) is 10.4. The summed E-state index contributed by atoms with van der Waals surface area (Å²) in [4.78, 5) is 13.5. The van der Waals surface area contributed by atoms with Crippen LogP contribution in [-0.4, -0.2) is 29.7 Å². The zero-order valence-corrected chi connectivity index (χ0v) is 20.8. The molecule has 1 aromatic carbocycles. The molecule has 2 aromatic rings. The molecular formula is C23H31ClN2O4S. The number of benzene rings is 1. The molecule has 0 amide bonds. The molecule has 0 unspecified atom stereocenters. The first-order valence-electron chi connectivity index (χ1n) is 10.4. The summed E-state index contributed by atoms with van der Waals surface area (Å²) < 4.78 is 31.6. The first kappa shape index (κ1) is 25.1. The zero-order chi connectivity index (χ0) is 23.5. The Labute approximate surface area is 190 Å². The average Bonchev–Trinajstić information content (AvgIpc) is 3.02. The fraction of sp³-hybridized carbons (Fsp3) is 0.478. The Morgan fingerprint density at radius 1 is 1.19 bits per heavy atom. The first-order chi connectivity index (χ1) is 14.4. The highest BCUT2D eigenvalue weighted by molar-refractivity contribution is 7.87. The topological polar surface area (TPSA) is 78.3 Å². The van der Waals surface area contributed by atoms with Gasteiger partial charge in [0.1, 0.15) is 5.56 Å². The lowest BCUT2D eigenvalue weighted by Crippen LogP contribution is -2.19. The standard InChI is InChI=1S/C23H31ClN2O4S/c1-8-11-31(28,29)30-23-19(12-25-26(23)13-14(2)3)22(27)18-9-10-20(24)21(17(18)7)16(6)15(4)5/h9-10,12,14H,8,11,13H2,1-7H3. The summed E-state index contributed by atoms with van der Waals surface area (Å²) in [6, 6.07) is 3.35. The number of hydrogen-bond acceptors (Lipinski definition) is 5. The van der Waals surface area contributed by atoms with Gasteiger partial charge in [-0.3, -0.25) is 4.79 Å². The van der Waals surface area contributed by atoms with Gasteiger partial charge < -0.3 is 4.18 Å². The lowest BCUT2D eigenvalue weighted by atomic mass is 9.92. The van der Waals surface area contributed by atoms with E-state index in [0.717, 1.165) is 22.3 Å². The number of carbonyl (C=O) groups excluding carboxylic acids is 1. The van der Waals surface area contributed by atoms with Crippen molar-refractivity contribution >= 4 is 33.1 Å². The molecule has 0 fully saturated rings. The van der Waals surface area contributed by atoms with Crippen molar-refractivity contribution in [2.75, 3.05) is 5.75 Å². The minimum Gasteiger partial charge on any atom is -0.361 e. The number of ketones is 1. The van der Waals surface area contributed by atoms with Crippen LogP contribution in [0, 0.1) is 12.8 Å². The Kier molecular flexibility index (Phi) is 8.11. The van der Waals surface area contributed by atoms with Gasteiger partial charge in [-0.15, -0.1) is 0 Å². The van der Waals surface area contributed by atoms with Crippen molar-refractivity contribution in [3.05, 3.63) is 51.2 Å². The molecule has 170 valence electrons. The maximum atomic E-state index is 13.5. The molecule has 0 aliphatic rings. The average molecular weight is 467 g/mol. The normalized spacial score (nSPS) is 11.6. The third-order valence-electron chi connectivity index (χ3n) is 5.02. The maximum Gasteiger partial charge on any atom is 0.310 e. The molecule has 2 rings (SSSR count). The van der Waals surface area contributed by atoms with Gasteiger partial charge in [0.15, 0.2) is 5.78 Å². The quantitative estimate of drug-likeness (QED) is 0.351. The van der Waals surface area contributed by atoms with Crippen molar-refractivity contribution in [3.8, 4) is 5.88 Å². The van der Waals surface area contributed by atoms with Gasteiger partial charge in [-0.2, -0.15) is 13.5 Å². The molecule has 6 nitrogen and oxygen atoms in total. The van der Waals surface area contributed by atoms with E-state index in [4.69, 9.17) is 15.8 Å². The second kappa shape index (κ2) is 10.0. The molecule has 0 radical (unpaired) electrons. The fourth-order valence-electron chi connectivity index (χ4n) is 3.29. The summed E-state index contributed by atoms with van der Waals surface area (Å²) in [5.41, 5.74) is 4.18. The molecule has 0 N–H and O–H groups in total. The van der Waals surface area contributed by atoms with Crippen molar-refractivity contribution in [3.63, 3.8) is 0 Å². The van der Waals surface area contributed by atoms with E-state index < -0.39 is 10.1 Å². The van der Waals surface area contributed by atoms with Crippen LogP contribution in [-0.2, 0) is 16.7 Å². The van der Waals surface area contributed by atoms with E-state index in [2.05, 4.69) is 5.10 Å². The van der Waals surface area contributed by atoms with Crippen LogP contribution < -0.4 is 4.18 Å². The Morgan fingerprint density at radius 3 is 2.39 bits per heavy atom. The SMILES string of the molecule is CCCS(=O)(=O)Oc1c(C(=O)c2ccc(Cl)c(C(C)=C(C)C)c2C)cnn1CC(C)C. The maximum absolute atomic E-state index is 13.5. The number of aromatic nitrogens is 2. The van der Waals surface area contributed by atoms with Gasteiger partial charge in [-0.05, 0) is 68.9 Å². The van der Waals surface area contributed by atoms with Gasteiger partial charge in [0.2, 0.25) is 5.88 Å². The summed E-state index contributed by atoms with van der Waals surface area (Å²) in [6.45, 7) is 13.9. The van der Waals surface area contributed by atoms with Crippen LogP contribution in [0.25, 0.3) is 5.57 Å². The van der Waals surface area contributed by atoms with Gasteiger partial charge in [-0.1, -0.05) is 37.9 Å². The highest BCUT2D eigenvalue weighted by Gasteiger charge is 2.27. The third-order valence-corrected chi connectivity index (χ3v) is 6.65. The Morgan fingerprint density at radius 2 is 1.84 bits per heavy atom. The summed E-state index contributed by atoms with van der Waals surface area (Å²) in [6.07, 6.45) is 1.79. The molecule has 0 aliphatic heterocycles. The van der Waals surface area contributed by atoms with Gasteiger partial charge in [0, 0.05) is 17.1 Å². The van der Waals surface area contributed by atoms with Crippen LogP contribution in [0.15, 0.2) is 23.9 Å². The highest BCUT2D eigenvalue weighted by Crippen LogP contribution is 2.33. The van der Waals surface area contributed by atoms with Gasteiger partial charge in [-0.25, -0.2) is 4.68 Å². The van der Waals surface area contributed by atoms with Gasteiger partial charge in [0.05, 0.1) is 11.9 Å². The van der Waals surface area contributed by atoms with E-state index in [0.29, 0.717) is 23.6 Å². The van der Waals surface area contributed by atoms with Crippen LogP contribution >= 0.6 is 11.6 Å². The van der Waals surface area contributed by atoms with Gasteiger partial charge in [0.25, 0.3) is 0 Å². The smallest absolute Gasteiger partial charge is 0.310 e. The van der Waals surface area contributed by atoms with Crippen LogP contribution in [0.5, 0.6) is 5.88 Å². The van der Waals surface area contributed by atoms with E-state index in [1.807, 2.05) is 41.5 Å². The van der Waals surface area contributed by atoms with Crippen LogP contribution in [0.3, 0.4) is 0 Å². The monoisotopic (exact) mass is 466 g/mol. The number of halogens is 1.